The number of amides is 1. The highest BCUT2D eigenvalue weighted by molar-refractivity contribution is 5.89. The number of carbonyl (C=O) groups excluding carboxylic acids is 2. The number of hydrogen-bond donors (Lipinski definition) is 2. The number of aliphatic hydroxyl groups excluding tert-OH is 1. The van der Waals surface area contributed by atoms with Crippen molar-refractivity contribution < 1.29 is 24.2 Å². The summed E-state index contributed by atoms with van der Waals surface area (Å²) in [5.74, 6) is 0.334. The highest BCUT2D eigenvalue weighted by Crippen LogP contribution is 2.36. The second-order valence-electron chi connectivity index (χ2n) is 11.4. The molecule has 3 rings (SSSR count). The lowest BCUT2D eigenvalue weighted by Gasteiger charge is -2.35. The van der Waals surface area contributed by atoms with Crippen LogP contribution in [0.2, 0.25) is 0 Å². The molecule has 0 bridgehead atoms. The molecule has 2 aromatic rings. The molecule has 0 saturated carbocycles. The molecular weight excluding hydrogens is 458 g/mol. The standard InChI is InChI=1S/C28H39N3O5/c1-27(2,3)30-23-15-12-20(17-29-23)24(32)22-14-13-21(31(22)26(34)36-28(4,5)6)16-18-8-10-19(11-9-18)25(33)35-7/h8-12,15,17,21-22,24,32H,13-14,16H2,1-7H3,(H,29,30)/t21?,22-,24?/m1/s1. The van der Waals surface area contributed by atoms with Gasteiger partial charge >= 0.3 is 12.1 Å². The Morgan fingerprint density at radius 3 is 2.28 bits per heavy atom. The first-order valence-electron chi connectivity index (χ1n) is 12.4. The number of aliphatic hydroxyl groups is 1. The molecule has 1 fully saturated rings. The maximum Gasteiger partial charge on any atom is 0.410 e. The minimum absolute atomic E-state index is 0.131. The van der Waals surface area contributed by atoms with Crippen molar-refractivity contribution in [3.05, 3.63) is 59.3 Å². The van der Waals surface area contributed by atoms with E-state index < -0.39 is 29.8 Å². The van der Waals surface area contributed by atoms with Crippen molar-refractivity contribution >= 4 is 17.9 Å². The van der Waals surface area contributed by atoms with E-state index in [9.17, 15) is 14.7 Å². The van der Waals surface area contributed by atoms with Crippen molar-refractivity contribution in [3.8, 4) is 0 Å². The molecule has 0 spiro atoms. The number of anilines is 1. The topological polar surface area (TPSA) is 101 Å². The van der Waals surface area contributed by atoms with Crippen LogP contribution in [-0.4, -0.2) is 57.4 Å². The van der Waals surface area contributed by atoms with Gasteiger partial charge in [0.1, 0.15) is 17.5 Å². The molecule has 1 aromatic heterocycles. The van der Waals surface area contributed by atoms with E-state index in [4.69, 9.17) is 9.47 Å². The molecule has 2 unspecified atom stereocenters. The minimum Gasteiger partial charge on any atom is -0.465 e. The number of aromatic nitrogens is 1. The molecule has 1 aromatic carbocycles. The molecule has 2 heterocycles. The zero-order valence-electron chi connectivity index (χ0n) is 22.4. The SMILES string of the molecule is COC(=O)c1ccc(CC2CC[C@H](C(O)c3ccc(NC(C)(C)C)nc3)N2C(=O)OC(C)(C)C)cc1. The van der Waals surface area contributed by atoms with Gasteiger partial charge in [-0.15, -0.1) is 0 Å². The number of nitrogens with zero attached hydrogens (tertiary/aromatic N) is 2. The van der Waals surface area contributed by atoms with E-state index in [1.807, 2.05) is 45.0 Å². The van der Waals surface area contributed by atoms with Gasteiger partial charge in [-0.2, -0.15) is 0 Å². The largest absolute Gasteiger partial charge is 0.465 e. The summed E-state index contributed by atoms with van der Waals surface area (Å²) in [7, 11) is 1.35. The van der Waals surface area contributed by atoms with E-state index in [2.05, 4.69) is 31.1 Å². The number of esters is 1. The van der Waals surface area contributed by atoms with Crippen LogP contribution in [0, 0.1) is 0 Å². The highest BCUT2D eigenvalue weighted by atomic mass is 16.6. The number of nitrogens with one attached hydrogen (secondary N) is 1. The lowest BCUT2D eigenvalue weighted by atomic mass is 10.0. The van der Waals surface area contributed by atoms with Gasteiger partial charge < -0.3 is 19.9 Å². The normalized spacial score (nSPS) is 19.1. The van der Waals surface area contributed by atoms with E-state index >= 15 is 0 Å². The maximum atomic E-state index is 13.3. The van der Waals surface area contributed by atoms with Crippen molar-refractivity contribution in [2.45, 2.75) is 90.1 Å². The number of benzene rings is 1. The van der Waals surface area contributed by atoms with Gasteiger partial charge in [0.25, 0.3) is 0 Å². The summed E-state index contributed by atoms with van der Waals surface area (Å²) in [5.41, 5.74) is 1.31. The van der Waals surface area contributed by atoms with Gasteiger partial charge in [-0.25, -0.2) is 14.6 Å². The first-order valence-corrected chi connectivity index (χ1v) is 12.4. The Morgan fingerprint density at radius 1 is 1.08 bits per heavy atom. The number of ether oxygens (including phenoxy) is 2. The summed E-state index contributed by atoms with van der Waals surface area (Å²) in [6.07, 6.45) is 2.24. The van der Waals surface area contributed by atoms with E-state index in [0.29, 0.717) is 24.0 Å². The van der Waals surface area contributed by atoms with Crippen molar-refractivity contribution in [1.82, 2.24) is 9.88 Å². The Labute approximate surface area is 214 Å². The van der Waals surface area contributed by atoms with Crippen LogP contribution in [0.1, 0.15) is 82.0 Å². The highest BCUT2D eigenvalue weighted by Gasteiger charge is 2.43. The van der Waals surface area contributed by atoms with Gasteiger partial charge in [-0.1, -0.05) is 18.2 Å². The lowest BCUT2D eigenvalue weighted by Crippen LogP contribution is -2.47. The summed E-state index contributed by atoms with van der Waals surface area (Å²) in [4.78, 5) is 31.2. The third kappa shape index (κ3) is 7.20. The Bertz CT molecular complexity index is 1040. The molecule has 0 radical (unpaired) electrons. The van der Waals surface area contributed by atoms with Crippen LogP contribution in [0.15, 0.2) is 42.6 Å². The van der Waals surface area contributed by atoms with E-state index in [-0.39, 0.29) is 11.6 Å². The van der Waals surface area contributed by atoms with Crippen molar-refractivity contribution in [1.29, 1.82) is 0 Å². The van der Waals surface area contributed by atoms with E-state index in [0.717, 1.165) is 17.8 Å². The summed E-state index contributed by atoms with van der Waals surface area (Å²) < 4.78 is 10.5. The van der Waals surface area contributed by atoms with Gasteiger partial charge in [-0.3, -0.25) is 4.90 Å². The second-order valence-corrected chi connectivity index (χ2v) is 11.4. The van der Waals surface area contributed by atoms with Gasteiger partial charge in [0.15, 0.2) is 0 Å². The first kappa shape index (κ1) is 27.5. The zero-order valence-corrected chi connectivity index (χ0v) is 22.4. The monoisotopic (exact) mass is 497 g/mol. The number of hydrogen-bond acceptors (Lipinski definition) is 7. The molecule has 1 amide bonds. The third-order valence-corrected chi connectivity index (χ3v) is 5.99. The molecular formula is C28H39N3O5. The van der Waals surface area contributed by atoms with Gasteiger partial charge in [-0.05, 0) is 84.6 Å². The van der Waals surface area contributed by atoms with Crippen LogP contribution >= 0.6 is 0 Å². The van der Waals surface area contributed by atoms with Crippen LogP contribution in [0.4, 0.5) is 10.6 Å². The average molecular weight is 498 g/mol. The van der Waals surface area contributed by atoms with E-state index in [1.54, 1.807) is 23.2 Å². The fraction of sp³-hybridized carbons (Fsp3) is 0.536. The fourth-order valence-electron chi connectivity index (χ4n) is 4.45. The van der Waals surface area contributed by atoms with Crippen LogP contribution in [0.25, 0.3) is 0 Å². The Morgan fingerprint density at radius 2 is 1.75 bits per heavy atom. The van der Waals surface area contributed by atoms with Crippen LogP contribution in [0.3, 0.4) is 0 Å². The summed E-state index contributed by atoms with van der Waals surface area (Å²) in [6.45, 7) is 11.7. The summed E-state index contributed by atoms with van der Waals surface area (Å²) in [6, 6.07) is 10.3. The predicted molar refractivity (Wildman–Crippen MR) is 139 cm³/mol. The average Bonchev–Trinajstić information content (AvgIpc) is 3.20. The van der Waals surface area contributed by atoms with Crippen molar-refractivity contribution in [2.24, 2.45) is 0 Å². The summed E-state index contributed by atoms with van der Waals surface area (Å²) in [5, 5.41) is 14.6. The van der Waals surface area contributed by atoms with Crippen molar-refractivity contribution in [3.63, 3.8) is 0 Å². The lowest BCUT2D eigenvalue weighted by molar-refractivity contribution is -0.00459. The molecule has 8 nitrogen and oxygen atoms in total. The maximum absolute atomic E-state index is 13.3. The molecule has 36 heavy (non-hydrogen) atoms. The third-order valence-electron chi connectivity index (χ3n) is 5.99. The molecule has 196 valence electrons. The van der Waals surface area contributed by atoms with Crippen molar-refractivity contribution in [2.75, 3.05) is 12.4 Å². The molecule has 8 heteroatoms. The van der Waals surface area contributed by atoms with Crippen LogP contribution in [0.5, 0.6) is 0 Å². The number of methoxy groups -OCH3 is 1. The molecule has 2 N–H and O–H groups in total. The predicted octanol–water partition coefficient (Wildman–Crippen LogP) is 5.12. The smallest absolute Gasteiger partial charge is 0.410 e. The molecule has 1 aliphatic heterocycles. The molecule has 1 saturated heterocycles. The number of pyridine rings is 1. The van der Waals surface area contributed by atoms with Crippen LogP contribution in [-0.2, 0) is 15.9 Å². The minimum atomic E-state index is -0.902. The molecule has 0 aliphatic carbocycles. The zero-order chi connectivity index (χ0) is 26.7. The number of likely N-dealkylation sites (tertiary alicyclic amines) is 1. The number of carbonyl (C=O) groups is 2. The number of rotatable bonds is 6. The summed E-state index contributed by atoms with van der Waals surface area (Å²) >= 11 is 0. The second kappa shape index (κ2) is 10.9. The van der Waals surface area contributed by atoms with E-state index in [1.165, 1.54) is 7.11 Å². The Balaban J connectivity index is 1.81. The molecule has 1 aliphatic rings. The molecule has 3 atom stereocenters. The Hall–Kier alpha value is -3.13. The van der Waals surface area contributed by atoms with Crippen LogP contribution < -0.4 is 5.32 Å². The quantitative estimate of drug-likeness (QED) is 0.534. The van der Waals surface area contributed by atoms with Gasteiger partial charge in [0, 0.05) is 23.3 Å². The van der Waals surface area contributed by atoms with Gasteiger partial charge in [0.2, 0.25) is 0 Å². The first-order chi connectivity index (χ1) is 16.8. The fourth-order valence-corrected chi connectivity index (χ4v) is 4.45. The Kier molecular flexibility index (Phi) is 8.29. The van der Waals surface area contributed by atoms with Gasteiger partial charge in [0.05, 0.1) is 18.7 Å².